The normalized spacial score (nSPS) is 15.8. The number of aromatic nitrogens is 2. The Morgan fingerprint density at radius 3 is 2.59 bits per heavy atom. The zero-order chi connectivity index (χ0) is 28.9. The second-order valence-corrected chi connectivity index (χ2v) is 10.3. The van der Waals surface area contributed by atoms with Crippen LogP contribution in [0, 0.1) is 5.82 Å². The van der Waals surface area contributed by atoms with Crippen molar-refractivity contribution >= 4 is 22.8 Å². The Kier molecular flexibility index (Phi) is 9.85. The second-order valence-electron chi connectivity index (χ2n) is 10.3. The lowest BCUT2D eigenvalue weighted by Gasteiger charge is -2.33. The third-order valence-electron chi connectivity index (χ3n) is 6.83. The lowest BCUT2D eigenvalue weighted by Crippen LogP contribution is -2.39. The molecule has 2 amide bonds. The van der Waals surface area contributed by atoms with Gasteiger partial charge < -0.3 is 14.2 Å². The van der Waals surface area contributed by atoms with Gasteiger partial charge in [-0.05, 0) is 42.0 Å². The number of halogens is 3. The van der Waals surface area contributed by atoms with E-state index in [0.29, 0.717) is 43.4 Å². The SMILES string of the molecule is CC.CC(C)c1cc([C@H]2CCCN(C(=O)CCn3cccn3)C2)c(F)c2oc(C(=O)N(C)CC(C)(F)F)cc12. The maximum Gasteiger partial charge on any atom is 0.289 e. The Morgan fingerprint density at radius 1 is 1.26 bits per heavy atom. The van der Waals surface area contributed by atoms with Crippen molar-refractivity contribution in [3.05, 3.63) is 53.3 Å². The van der Waals surface area contributed by atoms with E-state index in [2.05, 4.69) is 5.10 Å². The number of aryl methyl sites for hydroxylation is 1. The van der Waals surface area contributed by atoms with Gasteiger partial charge in [-0.25, -0.2) is 13.2 Å². The van der Waals surface area contributed by atoms with E-state index >= 15 is 4.39 Å². The van der Waals surface area contributed by atoms with E-state index in [4.69, 9.17) is 4.42 Å². The number of hydrogen-bond donors (Lipinski definition) is 0. The average molecular weight is 549 g/mol. The first-order valence-corrected chi connectivity index (χ1v) is 13.6. The zero-order valence-corrected chi connectivity index (χ0v) is 23.6. The van der Waals surface area contributed by atoms with Crippen LogP contribution in [0.3, 0.4) is 0 Å². The molecule has 10 heteroatoms. The molecule has 7 nitrogen and oxygen atoms in total. The molecule has 3 aromatic rings. The molecule has 0 saturated carbocycles. The summed E-state index contributed by atoms with van der Waals surface area (Å²) >= 11 is 0. The molecular formula is C29H39F3N4O3. The van der Waals surface area contributed by atoms with Gasteiger partial charge in [-0.1, -0.05) is 33.8 Å². The van der Waals surface area contributed by atoms with Gasteiger partial charge in [0.2, 0.25) is 5.91 Å². The highest BCUT2D eigenvalue weighted by molar-refractivity contribution is 5.97. The van der Waals surface area contributed by atoms with Crippen molar-refractivity contribution < 1.29 is 27.2 Å². The number of amides is 2. The Labute approximate surface area is 227 Å². The van der Waals surface area contributed by atoms with E-state index in [1.807, 2.05) is 27.7 Å². The molecule has 1 aliphatic rings. The lowest BCUT2D eigenvalue weighted by molar-refractivity contribution is -0.132. The molecule has 2 aromatic heterocycles. The van der Waals surface area contributed by atoms with Gasteiger partial charge in [0.15, 0.2) is 17.2 Å². The van der Waals surface area contributed by atoms with E-state index in [9.17, 15) is 18.4 Å². The van der Waals surface area contributed by atoms with Gasteiger partial charge in [0.05, 0.1) is 6.54 Å². The van der Waals surface area contributed by atoms with Gasteiger partial charge in [0.25, 0.3) is 11.8 Å². The van der Waals surface area contributed by atoms with Crippen molar-refractivity contribution in [3.8, 4) is 0 Å². The van der Waals surface area contributed by atoms with Gasteiger partial charge in [0, 0.05) is 63.7 Å². The number of nitrogens with zero attached hydrogens (tertiary/aromatic N) is 4. The quantitative estimate of drug-likeness (QED) is 0.325. The minimum atomic E-state index is -3.07. The Bertz CT molecular complexity index is 1270. The molecule has 4 rings (SSSR count). The smallest absolute Gasteiger partial charge is 0.289 e. The number of furan rings is 1. The first-order valence-electron chi connectivity index (χ1n) is 13.6. The summed E-state index contributed by atoms with van der Waals surface area (Å²) < 4.78 is 50.1. The van der Waals surface area contributed by atoms with Crippen LogP contribution in [0.2, 0.25) is 0 Å². The van der Waals surface area contributed by atoms with E-state index in [0.717, 1.165) is 23.8 Å². The van der Waals surface area contributed by atoms with Crippen molar-refractivity contribution in [1.29, 1.82) is 0 Å². The van der Waals surface area contributed by atoms with Crippen molar-refractivity contribution in [3.63, 3.8) is 0 Å². The van der Waals surface area contributed by atoms with Crippen LogP contribution in [0.5, 0.6) is 0 Å². The fourth-order valence-electron chi connectivity index (χ4n) is 5.02. The van der Waals surface area contributed by atoms with Crippen LogP contribution in [-0.2, 0) is 11.3 Å². The second kappa shape index (κ2) is 12.7. The number of hydrogen-bond acceptors (Lipinski definition) is 4. The molecule has 39 heavy (non-hydrogen) atoms. The molecule has 214 valence electrons. The number of alkyl halides is 2. The van der Waals surface area contributed by atoms with Gasteiger partial charge >= 0.3 is 0 Å². The van der Waals surface area contributed by atoms with Crippen LogP contribution >= 0.6 is 0 Å². The van der Waals surface area contributed by atoms with Crippen LogP contribution in [0.4, 0.5) is 13.2 Å². The maximum atomic E-state index is 15.9. The fraction of sp³-hybridized carbons (Fsp3) is 0.552. The molecule has 1 aliphatic heterocycles. The molecule has 1 fully saturated rings. The minimum Gasteiger partial charge on any atom is -0.448 e. The van der Waals surface area contributed by atoms with Crippen LogP contribution in [-0.4, -0.2) is 64.0 Å². The summed E-state index contributed by atoms with van der Waals surface area (Å²) in [4.78, 5) is 28.3. The van der Waals surface area contributed by atoms with Crippen molar-refractivity contribution in [2.45, 2.75) is 78.2 Å². The molecule has 1 saturated heterocycles. The molecule has 0 spiro atoms. The van der Waals surface area contributed by atoms with Gasteiger partial charge in [-0.2, -0.15) is 5.10 Å². The highest BCUT2D eigenvalue weighted by Gasteiger charge is 2.31. The Hall–Kier alpha value is -3.30. The molecule has 0 aliphatic carbocycles. The summed E-state index contributed by atoms with van der Waals surface area (Å²) in [5, 5.41) is 4.58. The largest absolute Gasteiger partial charge is 0.448 e. The summed E-state index contributed by atoms with van der Waals surface area (Å²) in [6.45, 7) is 9.35. The third kappa shape index (κ3) is 7.22. The first kappa shape index (κ1) is 30.2. The number of fused-ring (bicyclic) bond motifs is 1. The molecule has 0 N–H and O–H groups in total. The van der Waals surface area contributed by atoms with Crippen LogP contribution in [0.1, 0.15) is 87.4 Å². The number of carbonyl (C=O) groups excluding carboxylic acids is 2. The number of rotatable bonds is 8. The Morgan fingerprint density at radius 2 is 1.97 bits per heavy atom. The predicted molar refractivity (Wildman–Crippen MR) is 145 cm³/mol. The van der Waals surface area contributed by atoms with E-state index in [1.165, 1.54) is 13.1 Å². The average Bonchev–Trinajstić information content (AvgIpc) is 3.58. The molecule has 0 unspecified atom stereocenters. The third-order valence-corrected chi connectivity index (χ3v) is 6.83. The number of likely N-dealkylation sites (tertiary alicyclic amines) is 1. The summed E-state index contributed by atoms with van der Waals surface area (Å²) in [5.74, 6) is -4.80. The van der Waals surface area contributed by atoms with Crippen LogP contribution < -0.4 is 0 Å². The molecule has 0 bridgehead atoms. The van der Waals surface area contributed by atoms with Crippen molar-refractivity contribution in [2.75, 3.05) is 26.7 Å². The molecule has 3 heterocycles. The van der Waals surface area contributed by atoms with Gasteiger partial charge in [-0.15, -0.1) is 0 Å². The Balaban J connectivity index is 0.00000205. The highest BCUT2D eigenvalue weighted by atomic mass is 19.3. The topological polar surface area (TPSA) is 71.6 Å². The van der Waals surface area contributed by atoms with E-state index in [-0.39, 0.29) is 29.1 Å². The highest BCUT2D eigenvalue weighted by Crippen LogP contribution is 2.38. The van der Waals surface area contributed by atoms with Crippen molar-refractivity contribution in [2.24, 2.45) is 0 Å². The van der Waals surface area contributed by atoms with E-state index in [1.54, 1.807) is 34.1 Å². The van der Waals surface area contributed by atoms with Gasteiger partial charge in [0.1, 0.15) is 0 Å². The molecule has 1 aromatic carbocycles. The van der Waals surface area contributed by atoms with Gasteiger partial charge in [-0.3, -0.25) is 14.3 Å². The minimum absolute atomic E-state index is 0.00416. The fourth-order valence-corrected chi connectivity index (χ4v) is 5.02. The number of carbonyl (C=O) groups is 2. The summed E-state index contributed by atoms with van der Waals surface area (Å²) in [6.07, 6.45) is 5.23. The monoisotopic (exact) mass is 548 g/mol. The number of piperidine rings is 1. The predicted octanol–water partition coefficient (Wildman–Crippen LogP) is 6.44. The summed E-state index contributed by atoms with van der Waals surface area (Å²) in [5.41, 5.74) is 1.20. The maximum absolute atomic E-state index is 15.9. The zero-order valence-electron chi connectivity index (χ0n) is 23.6. The number of benzene rings is 1. The standard InChI is InChI=1S/C27H33F3N4O3.C2H6/c1-17(2)19-13-20(18-7-5-10-33(15-18)23(35)8-12-34-11-6-9-31-34)24(28)25-21(19)14-22(37-25)26(36)32(4)16-27(3,29)30;1-2/h6,9,11,13-14,17-18H,5,7-8,10,12,15-16H2,1-4H3;1-2H3/t18-;/m0./s1. The van der Waals surface area contributed by atoms with Crippen LogP contribution in [0.25, 0.3) is 11.0 Å². The van der Waals surface area contributed by atoms with Crippen molar-refractivity contribution in [1.82, 2.24) is 19.6 Å². The molecule has 1 atom stereocenters. The molecular weight excluding hydrogens is 509 g/mol. The summed E-state index contributed by atoms with van der Waals surface area (Å²) in [7, 11) is 1.26. The molecule has 0 radical (unpaired) electrons. The van der Waals surface area contributed by atoms with Crippen LogP contribution in [0.15, 0.2) is 35.0 Å². The van der Waals surface area contributed by atoms with E-state index < -0.39 is 24.2 Å². The first-order chi connectivity index (χ1) is 18.4. The summed E-state index contributed by atoms with van der Waals surface area (Å²) in [6, 6.07) is 5.05. The lowest BCUT2D eigenvalue weighted by atomic mass is 9.86.